The highest BCUT2D eigenvalue weighted by Crippen LogP contribution is 2.33. The predicted octanol–water partition coefficient (Wildman–Crippen LogP) is 0.900. The van der Waals surface area contributed by atoms with Crippen molar-refractivity contribution >= 4 is 5.91 Å². The van der Waals surface area contributed by atoms with E-state index in [4.69, 9.17) is 0 Å². The summed E-state index contributed by atoms with van der Waals surface area (Å²) in [7, 11) is 0. The zero-order chi connectivity index (χ0) is 17.4. The van der Waals surface area contributed by atoms with Gasteiger partial charge in [-0.05, 0) is 30.5 Å². The molecule has 1 aromatic heterocycles. The fraction of sp³-hybridized carbons (Fsp3) is 0.471. The molecule has 1 aliphatic heterocycles. The smallest absolute Gasteiger partial charge is 0.273 e. The van der Waals surface area contributed by atoms with E-state index >= 15 is 0 Å². The number of aliphatic hydroxyl groups is 1. The summed E-state index contributed by atoms with van der Waals surface area (Å²) in [6.07, 6.45) is 3.88. The second-order valence-corrected chi connectivity index (χ2v) is 6.69. The first-order chi connectivity index (χ1) is 12.1. The van der Waals surface area contributed by atoms with Crippen molar-refractivity contribution in [2.75, 3.05) is 19.7 Å². The molecule has 25 heavy (non-hydrogen) atoms. The molecule has 1 aliphatic carbocycles. The molecule has 1 aromatic carbocycles. The van der Waals surface area contributed by atoms with Crippen LogP contribution in [0.25, 0.3) is 0 Å². The number of hydrogen-bond acceptors (Lipinski definition) is 5. The molecule has 132 valence electrons. The molecule has 2 N–H and O–H groups in total. The van der Waals surface area contributed by atoms with Crippen LogP contribution in [0.5, 0.6) is 0 Å². The molecule has 1 atom stereocenters. The van der Waals surface area contributed by atoms with E-state index in [1.165, 1.54) is 12.1 Å². The molecular formula is C17H20FN5O2. The average Bonchev–Trinajstić information content (AvgIpc) is 3.31. The maximum atomic E-state index is 13.0. The molecule has 2 aromatic rings. The summed E-state index contributed by atoms with van der Waals surface area (Å²) >= 11 is 0. The van der Waals surface area contributed by atoms with Crippen LogP contribution in [0.2, 0.25) is 0 Å². The van der Waals surface area contributed by atoms with Gasteiger partial charge in [0.2, 0.25) is 0 Å². The molecule has 7 nitrogen and oxygen atoms in total. The Balaban J connectivity index is 1.31. The number of hydrogen-bond donors (Lipinski definition) is 2. The second kappa shape index (κ2) is 6.53. The van der Waals surface area contributed by atoms with E-state index in [2.05, 4.69) is 20.5 Å². The minimum absolute atomic E-state index is 0.00748. The lowest BCUT2D eigenvalue weighted by Gasteiger charge is -2.44. The molecule has 1 unspecified atom stereocenters. The molecule has 4 rings (SSSR count). The zero-order valence-electron chi connectivity index (χ0n) is 13.7. The third-order valence-corrected chi connectivity index (χ3v) is 4.78. The molecule has 1 saturated carbocycles. The molecule has 0 radical (unpaired) electrons. The minimum atomic E-state index is -0.298. The number of aromatic nitrogens is 3. The highest BCUT2D eigenvalue weighted by molar-refractivity contribution is 5.92. The Morgan fingerprint density at radius 3 is 2.68 bits per heavy atom. The largest absolute Gasteiger partial charge is 0.394 e. The lowest BCUT2D eigenvalue weighted by Crippen LogP contribution is -2.60. The molecule has 2 fully saturated rings. The van der Waals surface area contributed by atoms with Gasteiger partial charge >= 0.3 is 0 Å². The first-order valence-electron chi connectivity index (χ1n) is 8.47. The first kappa shape index (κ1) is 16.2. The van der Waals surface area contributed by atoms with E-state index in [0.717, 1.165) is 18.4 Å². The monoisotopic (exact) mass is 345 g/mol. The highest BCUT2D eigenvalue weighted by Gasteiger charge is 2.34. The van der Waals surface area contributed by atoms with Crippen molar-refractivity contribution in [1.82, 2.24) is 25.2 Å². The number of halogens is 1. The predicted molar refractivity (Wildman–Crippen MR) is 87.3 cm³/mol. The average molecular weight is 345 g/mol. The first-order valence-corrected chi connectivity index (χ1v) is 8.47. The van der Waals surface area contributed by atoms with Gasteiger partial charge in [-0.3, -0.25) is 9.69 Å². The molecule has 0 bridgehead atoms. The summed E-state index contributed by atoms with van der Waals surface area (Å²) < 4.78 is 14.8. The van der Waals surface area contributed by atoms with Gasteiger partial charge in [-0.25, -0.2) is 9.07 Å². The van der Waals surface area contributed by atoms with Crippen LogP contribution in [0.1, 0.15) is 41.0 Å². The second-order valence-electron chi connectivity index (χ2n) is 6.69. The Kier molecular flexibility index (Phi) is 4.22. The number of carbonyl (C=O) groups is 1. The number of nitrogens with zero attached hydrogens (tertiary/aromatic N) is 4. The minimum Gasteiger partial charge on any atom is -0.394 e. The Labute approximate surface area is 144 Å². The van der Waals surface area contributed by atoms with Gasteiger partial charge in [0.25, 0.3) is 5.91 Å². The number of likely N-dealkylation sites (tertiary alicyclic amines) is 1. The molecule has 8 heteroatoms. The van der Waals surface area contributed by atoms with Crippen LogP contribution in [-0.2, 0) is 0 Å². The van der Waals surface area contributed by atoms with Crippen molar-refractivity contribution < 1.29 is 14.3 Å². The van der Waals surface area contributed by atoms with Crippen LogP contribution in [0.4, 0.5) is 4.39 Å². The van der Waals surface area contributed by atoms with Crippen molar-refractivity contribution in [2.24, 2.45) is 0 Å². The Hall–Kier alpha value is -2.32. The van der Waals surface area contributed by atoms with Gasteiger partial charge in [0.05, 0.1) is 30.9 Å². The Bertz CT molecular complexity index is 753. The standard InChI is InChI=1S/C17H20FN5O2/c18-12-3-1-11(2-4-12)16(10-24)22-7-13(8-22)19-17(25)15-9-23(21-20-15)14-5-6-14/h1-4,9,13-14,16,24H,5-8,10H2,(H,19,25). The maximum absolute atomic E-state index is 13.0. The fourth-order valence-electron chi connectivity index (χ4n) is 3.13. The molecule has 2 aliphatic rings. The van der Waals surface area contributed by atoms with Gasteiger partial charge in [0.1, 0.15) is 5.82 Å². The molecular weight excluding hydrogens is 325 g/mol. The van der Waals surface area contributed by atoms with Crippen molar-refractivity contribution in [3.63, 3.8) is 0 Å². The van der Waals surface area contributed by atoms with Crippen LogP contribution in [0, 0.1) is 5.82 Å². The van der Waals surface area contributed by atoms with E-state index in [9.17, 15) is 14.3 Å². The summed E-state index contributed by atoms with van der Waals surface area (Å²) in [6.45, 7) is 1.21. The quantitative estimate of drug-likeness (QED) is 0.813. The van der Waals surface area contributed by atoms with Crippen molar-refractivity contribution in [2.45, 2.75) is 31.0 Å². The van der Waals surface area contributed by atoms with E-state index in [1.807, 2.05) is 0 Å². The van der Waals surface area contributed by atoms with Crippen LogP contribution in [0.3, 0.4) is 0 Å². The van der Waals surface area contributed by atoms with Gasteiger partial charge < -0.3 is 10.4 Å². The Morgan fingerprint density at radius 2 is 2.04 bits per heavy atom. The molecule has 2 heterocycles. The van der Waals surface area contributed by atoms with E-state index in [-0.39, 0.29) is 30.4 Å². The van der Waals surface area contributed by atoms with Crippen molar-refractivity contribution in [1.29, 1.82) is 0 Å². The van der Waals surface area contributed by atoms with Gasteiger partial charge in [-0.1, -0.05) is 17.3 Å². The van der Waals surface area contributed by atoms with Gasteiger partial charge in [0.15, 0.2) is 5.69 Å². The number of amides is 1. The SMILES string of the molecule is O=C(NC1CN(C(CO)c2ccc(F)cc2)C1)c1cn(C2CC2)nn1. The lowest BCUT2D eigenvalue weighted by molar-refractivity contribution is 0.0394. The van der Waals surface area contributed by atoms with Gasteiger partial charge in [0, 0.05) is 13.1 Å². The molecule has 1 saturated heterocycles. The van der Waals surface area contributed by atoms with Crippen molar-refractivity contribution in [3.05, 3.63) is 47.5 Å². The number of nitrogens with one attached hydrogen (secondary N) is 1. The summed E-state index contributed by atoms with van der Waals surface area (Å²) in [5.41, 5.74) is 1.20. The fourth-order valence-corrected chi connectivity index (χ4v) is 3.13. The van der Waals surface area contributed by atoms with E-state index < -0.39 is 0 Å². The number of aliphatic hydroxyl groups excluding tert-OH is 1. The van der Waals surface area contributed by atoms with E-state index in [1.54, 1.807) is 23.0 Å². The molecule has 1 amide bonds. The van der Waals surface area contributed by atoms with Gasteiger partial charge in [-0.15, -0.1) is 5.10 Å². The van der Waals surface area contributed by atoms with Crippen LogP contribution < -0.4 is 5.32 Å². The van der Waals surface area contributed by atoms with Crippen molar-refractivity contribution in [3.8, 4) is 0 Å². The number of rotatable bonds is 6. The summed E-state index contributed by atoms with van der Waals surface area (Å²) in [5, 5.41) is 20.5. The zero-order valence-corrected chi connectivity index (χ0v) is 13.7. The summed E-state index contributed by atoms with van der Waals surface area (Å²) in [6, 6.07) is 6.35. The van der Waals surface area contributed by atoms with E-state index in [0.29, 0.717) is 24.8 Å². The van der Waals surface area contributed by atoms with Crippen LogP contribution >= 0.6 is 0 Å². The topological polar surface area (TPSA) is 83.3 Å². The normalized spacial score (nSPS) is 19.4. The van der Waals surface area contributed by atoms with Gasteiger partial charge in [-0.2, -0.15) is 0 Å². The lowest BCUT2D eigenvalue weighted by atomic mass is 9.99. The third-order valence-electron chi connectivity index (χ3n) is 4.78. The number of carbonyl (C=O) groups excluding carboxylic acids is 1. The van der Waals surface area contributed by atoms with Crippen LogP contribution in [-0.4, -0.2) is 56.6 Å². The summed E-state index contributed by atoms with van der Waals surface area (Å²) in [5.74, 6) is -0.521. The molecule has 0 spiro atoms. The maximum Gasteiger partial charge on any atom is 0.273 e. The summed E-state index contributed by atoms with van der Waals surface area (Å²) in [4.78, 5) is 14.3. The van der Waals surface area contributed by atoms with Crippen LogP contribution in [0.15, 0.2) is 30.5 Å². The highest BCUT2D eigenvalue weighted by atomic mass is 19.1. The Morgan fingerprint density at radius 1 is 1.32 bits per heavy atom. The third kappa shape index (κ3) is 3.40. The number of benzene rings is 1.